The van der Waals surface area contributed by atoms with E-state index in [1.807, 2.05) is 0 Å². The third-order valence-electron chi connectivity index (χ3n) is 7.86. The quantitative estimate of drug-likeness (QED) is 0.0280. The Morgan fingerprint density at radius 2 is 1.10 bits per heavy atom. The molecule has 0 bridgehead atoms. The summed E-state index contributed by atoms with van der Waals surface area (Å²) in [4.78, 5) is 22.4. The lowest BCUT2D eigenvalue weighted by atomic mass is 10.1. The van der Waals surface area contributed by atoms with E-state index in [9.17, 15) is 14.3 Å². The van der Waals surface area contributed by atoms with Crippen molar-refractivity contribution in [3.05, 3.63) is 72.9 Å². The van der Waals surface area contributed by atoms with Crippen molar-refractivity contribution in [3.8, 4) is 0 Å². The van der Waals surface area contributed by atoms with E-state index in [0.717, 1.165) is 96.3 Å². The van der Waals surface area contributed by atoms with Gasteiger partial charge in [0.05, 0.1) is 19.8 Å². The molecule has 0 saturated carbocycles. The number of esters is 1. The van der Waals surface area contributed by atoms with Gasteiger partial charge in [-0.3, -0.25) is 13.8 Å². The summed E-state index contributed by atoms with van der Waals surface area (Å²) in [6.07, 6.45) is 47.7. The largest absolute Gasteiger partial charge is 0.472 e. The number of hydrogen-bond donors (Lipinski definition) is 2. The van der Waals surface area contributed by atoms with E-state index in [1.54, 1.807) is 0 Å². The lowest BCUT2D eigenvalue weighted by Gasteiger charge is -2.20. The molecule has 51 heavy (non-hydrogen) atoms. The average Bonchev–Trinajstić information content (AvgIpc) is 3.12. The van der Waals surface area contributed by atoms with Crippen molar-refractivity contribution >= 4 is 13.8 Å². The minimum Gasteiger partial charge on any atom is -0.457 e. The van der Waals surface area contributed by atoms with E-state index in [1.165, 1.54) is 32.1 Å². The number of phosphoric ester groups is 1. The van der Waals surface area contributed by atoms with Crippen LogP contribution in [0.1, 0.15) is 149 Å². The molecular weight excluding hydrogens is 661 g/mol. The first-order valence-corrected chi connectivity index (χ1v) is 21.4. The van der Waals surface area contributed by atoms with Crippen molar-refractivity contribution in [3.63, 3.8) is 0 Å². The highest BCUT2D eigenvalue weighted by molar-refractivity contribution is 7.47. The van der Waals surface area contributed by atoms with E-state index < -0.39 is 13.9 Å². The molecule has 9 heteroatoms. The molecule has 294 valence electrons. The molecule has 0 spiro atoms. The van der Waals surface area contributed by atoms with Gasteiger partial charge in [-0.05, 0) is 83.5 Å². The number of rotatable bonds is 37. The zero-order chi connectivity index (χ0) is 37.4. The number of ether oxygens (including phenoxy) is 2. The highest BCUT2D eigenvalue weighted by atomic mass is 31.2. The second kappa shape index (κ2) is 39.2. The highest BCUT2D eigenvalue weighted by Gasteiger charge is 2.25. The van der Waals surface area contributed by atoms with Gasteiger partial charge < -0.3 is 20.1 Å². The van der Waals surface area contributed by atoms with Crippen LogP contribution >= 0.6 is 7.82 Å². The normalized spacial score (nSPS) is 14.4. The Bertz CT molecular complexity index is 1010. The molecule has 0 saturated heterocycles. The molecule has 0 aliphatic carbocycles. The number of hydrogen-bond acceptors (Lipinski definition) is 7. The van der Waals surface area contributed by atoms with Crippen LogP contribution in [-0.4, -0.2) is 49.9 Å². The molecule has 2 unspecified atom stereocenters. The van der Waals surface area contributed by atoms with E-state index >= 15 is 0 Å². The molecule has 0 aromatic heterocycles. The van der Waals surface area contributed by atoms with Gasteiger partial charge in [-0.2, -0.15) is 0 Å². The number of nitrogens with two attached hydrogens (primary N) is 1. The van der Waals surface area contributed by atoms with Crippen LogP contribution in [0.15, 0.2) is 72.9 Å². The zero-order valence-electron chi connectivity index (χ0n) is 32.3. The van der Waals surface area contributed by atoms with Crippen LogP contribution in [-0.2, 0) is 27.9 Å². The van der Waals surface area contributed by atoms with Crippen LogP contribution in [0.25, 0.3) is 0 Å². The van der Waals surface area contributed by atoms with Gasteiger partial charge in [0, 0.05) is 19.6 Å². The molecule has 0 aromatic carbocycles. The Morgan fingerprint density at radius 1 is 0.608 bits per heavy atom. The lowest BCUT2D eigenvalue weighted by Crippen LogP contribution is -2.28. The number of carbonyl (C=O) groups excluding carboxylic acids is 1. The SMILES string of the molecule is CC/C=C\C/C=C\C/C=C\C/C=C\CCCCCOCC(COP(=O)(O)OCCN)OC(=O)CCCCCCC/C=C\C/C=C\CCCCCC. The Hall–Kier alpha value is -2.06. The first-order valence-electron chi connectivity index (χ1n) is 19.9. The van der Waals surface area contributed by atoms with Crippen molar-refractivity contribution in [1.82, 2.24) is 0 Å². The van der Waals surface area contributed by atoms with E-state index in [-0.39, 0.29) is 32.3 Å². The summed E-state index contributed by atoms with van der Waals surface area (Å²) < 4.78 is 33.3. The molecule has 3 N–H and O–H groups in total. The topological polar surface area (TPSA) is 117 Å². The van der Waals surface area contributed by atoms with E-state index in [0.29, 0.717) is 13.0 Å². The molecule has 2 atom stereocenters. The average molecular weight is 736 g/mol. The number of unbranched alkanes of at least 4 members (excludes halogenated alkanes) is 12. The van der Waals surface area contributed by atoms with Gasteiger partial charge >= 0.3 is 13.8 Å². The number of allylic oxidation sites excluding steroid dienone is 12. The maximum absolute atomic E-state index is 12.5. The van der Waals surface area contributed by atoms with E-state index in [2.05, 4.69) is 86.8 Å². The maximum atomic E-state index is 12.5. The third kappa shape index (κ3) is 39.0. The fourth-order valence-corrected chi connectivity index (χ4v) is 5.72. The third-order valence-corrected chi connectivity index (χ3v) is 8.84. The van der Waals surface area contributed by atoms with Crippen molar-refractivity contribution in [1.29, 1.82) is 0 Å². The smallest absolute Gasteiger partial charge is 0.457 e. The van der Waals surface area contributed by atoms with E-state index in [4.69, 9.17) is 24.3 Å². The van der Waals surface area contributed by atoms with Crippen molar-refractivity contribution < 1.29 is 32.8 Å². The number of phosphoric acid groups is 1. The second-order valence-corrected chi connectivity index (χ2v) is 14.2. The van der Waals surface area contributed by atoms with Crippen molar-refractivity contribution in [2.24, 2.45) is 5.73 Å². The molecule has 0 aliphatic rings. The minimum absolute atomic E-state index is 0.0851. The van der Waals surface area contributed by atoms with Crippen LogP contribution in [0.2, 0.25) is 0 Å². The summed E-state index contributed by atoms with van der Waals surface area (Å²) in [5.41, 5.74) is 5.35. The molecule has 8 nitrogen and oxygen atoms in total. The predicted octanol–water partition coefficient (Wildman–Crippen LogP) is 11.6. The fourth-order valence-electron chi connectivity index (χ4n) is 4.96. The highest BCUT2D eigenvalue weighted by Crippen LogP contribution is 2.43. The summed E-state index contributed by atoms with van der Waals surface area (Å²) in [7, 11) is -4.29. The predicted molar refractivity (Wildman–Crippen MR) is 215 cm³/mol. The maximum Gasteiger partial charge on any atom is 0.472 e. The lowest BCUT2D eigenvalue weighted by molar-refractivity contribution is -0.154. The molecule has 0 amide bonds. The first kappa shape index (κ1) is 48.9. The van der Waals surface area contributed by atoms with Gasteiger partial charge in [0.15, 0.2) is 0 Å². The van der Waals surface area contributed by atoms with Gasteiger partial charge in [0.1, 0.15) is 6.10 Å². The first-order chi connectivity index (χ1) is 24.9. The summed E-state index contributed by atoms with van der Waals surface area (Å²) in [5, 5.41) is 0. The molecule has 0 heterocycles. The minimum atomic E-state index is -4.29. The monoisotopic (exact) mass is 736 g/mol. The van der Waals surface area contributed by atoms with Gasteiger partial charge in [-0.1, -0.05) is 132 Å². The van der Waals surface area contributed by atoms with Crippen molar-refractivity contribution in [2.75, 3.05) is 33.0 Å². The van der Waals surface area contributed by atoms with Crippen LogP contribution in [0.3, 0.4) is 0 Å². The zero-order valence-corrected chi connectivity index (χ0v) is 33.2. The second-order valence-electron chi connectivity index (χ2n) is 12.8. The fraction of sp³-hybridized carbons (Fsp3) is 0.690. The standard InChI is InChI=1S/C42H74NO7P/c1-3-5-7-9-11-13-15-17-19-21-23-25-27-29-31-33-35-42(44)50-41(40-49-51(45,46)48-38-36-43)39-47-37-34-32-30-28-26-24-22-20-18-16-14-12-10-8-6-4-2/h6,8,12-15,18-21,24,26,41H,3-5,7,9-11,16-17,22-23,25,27-40,43H2,1-2H3,(H,45,46)/b8-6-,14-12-,15-13-,20-18-,21-19-,26-24-. The van der Waals surface area contributed by atoms with Gasteiger partial charge in [0.2, 0.25) is 0 Å². The molecule has 0 aromatic rings. The molecule has 0 fully saturated rings. The molecular formula is C42H74NO7P. The van der Waals surface area contributed by atoms with Crippen LogP contribution in [0, 0.1) is 0 Å². The molecule has 0 aliphatic heterocycles. The van der Waals surface area contributed by atoms with Gasteiger partial charge in [-0.15, -0.1) is 0 Å². The van der Waals surface area contributed by atoms with Crippen LogP contribution in [0.4, 0.5) is 0 Å². The summed E-state index contributed by atoms with van der Waals surface area (Å²) in [6.45, 7) is 4.66. The Kier molecular flexibility index (Phi) is 37.6. The molecule has 0 rings (SSSR count). The number of carbonyl (C=O) groups is 1. The van der Waals surface area contributed by atoms with Crippen LogP contribution in [0.5, 0.6) is 0 Å². The summed E-state index contributed by atoms with van der Waals surface area (Å²) in [6, 6.07) is 0. The Balaban J connectivity index is 4.18. The molecule has 0 radical (unpaired) electrons. The van der Waals surface area contributed by atoms with Gasteiger partial charge in [0.25, 0.3) is 0 Å². The van der Waals surface area contributed by atoms with Crippen molar-refractivity contribution in [2.45, 2.75) is 155 Å². The van der Waals surface area contributed by atoms with Crippen LogP contribution < -0.4 is 5.73 Å². The van der Waals surface area contributed by atoms with Gasteiger partial charge in [-0.25, -0.2) is 4.57 Å². The summed E-state index contributed by atoms with van der Waals surface area (Å²) >= 11 is 0. The Labute approximate surface area is 312 Å². The Morgan fingerprint density at radius 3 is 1.65 bits per heavy atom. The summed E-state index contributed by atoms with van der Waals surface area (Å²) in [5.74, 6) is -0.359.